The lowest BCUT2D eigenvalue weighted by molar-refractivity contribution is -0.140. The summed E-state index contributed by atoms with van der Waals surface area (Å²) in [6, 6.07) is 12.9. The molecule has 0 radical (unpaired) electrons. The van der Waals surface area contributed by atoms with Crippen molar-refractivity contribution in [2.75, 3.05) is 20.8 Å². The number of nitrogens with zero attached hydrogens (tertiary/aromatic N) is 1. The molecule has 0 spiro atoms. The molecule has 0 aliphatic heterocycles. The van der Waals surface area contributed by atoms with Crippen LogP contribution in [0.1, 0.15) is 44.2 Å². The fourth-order valence-corrected chi connectivity index (χ4v) is 3.83. The van der Waals surface area contributed by atoms with Crippen molar-refractivity contribution in [1.29, 1.82) is 0 Å². The van der Waals surface area contributed by atoms with Crippen molar-refractivity contribution < 1.29 is 19.1 Å². The van der Waals surface area contributed by atoms with Gasteiger partial charge in [-0.2, -0.15) is 0 Å². The fraction of sp³-hybridized carbons (Fsp3) is 0.440. The van der Waals surface area contributed by atoms with Crippen LogP contribution in [-0.4, -0.2) is 43.5 Å². The number of nitrogens with one attached hydrogen (secondary N) is 1. The van der Waals surface area contributed by atoms with Crippen molar-refractivity contribution in [2.24, 2.45) is 0 Å². The van der Waals surface area contributed by atoms with Gasteiger partial charge in [-0.15, -0.1) is 0 Å². The van der Waals surface area contributed by atoms with Crippen LogP contribution in [0.4, 0.5) is 0 Å². The summed E-state index contributed by atoms with van der Waals surface area (Å²) in [5.74, 6) is 1.08. The lowest BCUT2D eigenvalue weighted by Crippen LogP contribution is -2.47. The molecule has 1 atom stereocenters. The van der Waals surface area contributed by atoms with Gasteiger partial charge in [-0.25, -0.2) is 0 Å². The number of aryl methyl sites for hydroxylation is 1. The van der Waals surface area contributed by atoms with E-state index in [1.54, 1.807) is 26.0 Å². The van der Waals surface area contributed by atoms with Crippen molar-refractivity contribution in [2.45, 2.75) is 52.1 Å². The molecule has 2 rings (SSSR count). The Kier molecular flexibility index (Phi) is 10.5. The number of unbranched alkanes of at least 4 members (excludes halogenated alkanes) is 1. The number of benzene rings is 2. The van der Waals surface area contributed by atoms with Crippen LogP contribution in [0.15, 0.2) is 46.9 Å². The summed E-state index contributed by atoms with van der Waals surface area (Å²) in [6.45, 7) is 4.84. The molecule has 6 nitrogen and oxygen atoms in total. The van der Waals surface area contributed by atoms with Crippen LogP contribution in [0.3, 0.4) is 0 Å². The minimum atomic E-state index is -0.566. The van der Waals surface area contributed by atoms with Crippen LogP contribution < -0.4 is 14.8 Å². The standard InChI is InChI=1S/C25H33BrN2O4/c1-5-6-14-27-25(30)18(2)28(17-20-8-7-9-21(26)15-20)24(29)13-11-19-10-12-22(31-3)23(16-19)32-4/h7-10,12,15-16,18H,5-6,11,13-14,17H2,1-4H3,(H,27,30)/t18-/m1/s1. The van der Waals surface area contributed by atoms with E-state index in [0.717, 1.165) is 28.4 Å². The van der Waals surface area contributed by atoms with Crippen LogP contribution in [0, 0.1) is 0 Å². The van der Waals surface area contributed by atoms with Crippen molar-refractivity contribution >= 4 is 27.7 Å². The Morgan fingerprint density at radius 3 is 2.47 bits per heavy atom. The Hall–Kier alpha value is -2.54. The Morgan fingerprint density at radius 2 is 1.81 bits per heavy atom. The highest BCUT2D eigenvalue weighted by atomic mass is 79.9. The molecule has 1 N–H and O–H groups in total. The zero-order chi connectivity index (χ0) is 23.5. The average molecular weight is 505 g/mol. The summed E-state index contributed by atoms with van der Waals surface area (Å²) in [4.78, 5) is 27.6. The van der Waals surface area contributed by atoms with E-state index in [9.17, 15) is 9.59 Å². The average Bonchev–Trinajstić information content (AvgIpc) is 2.80. The van der Waals surface area contributed by atoms with Crippen molar-refractivity contribution in [3.8, 4) is 11.5 Å². The number of ether oxygens (including phenoxy) is 2. The van der Waals surface area contributed by atoms with Gasteiger partial charge in [0.15, 0.2) is 11.5 Å². The highest BCUT2D eigenvalue weighted by molar-refractivity contribution is 9.10. The van der Waals surface area contributed by atoms with Gasteiger partial charge in [0.2, 0.25) is 11.8 Å². The van der Waals surface area contributed by atoms with Gasteiger partial charge < -0.3 is 19.7 Å². The van der Waals surface area contributed by atoms with Crippen molar-refractivity contribution in [1.82, 2.24) is 10.2 Å². The van der Waals surface area contributed by atoms with Gasteiger partial charge in [0.1, 0.15) is 6.04 Å². The maximum absolute atomic E-state index is 13.2. The number of rotatable bonds is 12. The number of amides is 2. The largest absolute Gasteiger partial charge is 0.493 e. The number of hydrogen-bond donors (Lipinski definition) is 1. The van der Waals surface area contributed by atoms with E-state index in [0.29, 0.717) is 31.0 Å². The third kappa shape index (κ3) is 7.55. The zero-order valence-corrected chi connectivity index (χ0v) is 20.9. The second-order valence-electron chi connectivity index (χ2n) is 7.66. The zero-order valence-electron chi connectivity index (χ0n) is 19.3. The summed E-state index contributed by atoms with van der Waals surface area (Å²) in [6.07, 6.45) is 2.74. The molecule has 32 heavy (non-hydrogen) atoms. The third-order valence-electron chi connectivity index (χ3n) is 5.31. The number of methoxy groups -OCH3 is 2. The van der Waals surface area contributed by atoms with E-state index in [-0.39, 0.29) is 18.2 Å². The van der Waals surface area contributed by atoms with Gasteiger partial charge in [0.05, 0.1) is 14.2 Å². The minimum absolute atomic E-state index is 0.0714. The summed E-state index contributed by atoms with van der Waals surface area (Å²) < 4.78 is 11.6. The van der Waals surface area contributed by atoms with Crippen LogP contribution in [0.5, 0.6) is 11.5 Å². The SMILES string of the molecule is CCCCNC(=O)[C@@H](C)N(Cc1cccc(Br)c1)C(=O)CCc1ccc(OC)c(OC)c1. The lowest BCUT2D eigenvalue weighted by atomic mass is 10.1. The van der Waals surface area contributed by atoms with E-state index < -0.39 is 6.04 Å². The van der Waals surface area contributed by atoms with Crippen molar-refractivity contribution in [3.63, 3.8) is 0 Å². The molecule has 0 saturated carbocycles. The number of hydrogen-bond acceptors (Lipinski definition) is 4. The van der Waals surface area contributed by atoms with E-state index in [4.69, 9.17) is 9.47 Å². The first-order chi connectivity index (χ1) is 15.4. The predicted octanol–water partition coefficient (Wildman–Crippen LogP) is 4.73. The fourth-order valence-electron chi connectivity index (χ4n) is 3.38. The molecule has 2 amide bonds. The molecule has 174 valence electrons. The van der Waals surface area contributed by atoms with E-state index in [1.807, 2.05) is 42.5 Å². The molecule has 2 aromatic carbocycles. The third-order valence-corrected chi connectivity index (χ3v) is 5.81. The molecule has 0 saturated heterocycles. The summed E-state index contributed by atoms with van der Waals surface area (Å²) >= 11 is 3.48. The molecule has 0 unspecified atom stereocenters. The molecule has 0 aliphatic rings. The van der Waals surface area contributed by atoms with Gasteiger partial charge in [-0.3, -0.25) is 9.59 Å². The van der Waals surface area contributed by atoms with E-state index >= 15 is 0 Å². The molecule has 0 aromatic heterocycles. The first-order valence-electron chi connectivity index (χ1n) is 10.9. The number of halogens is 1. The summed E-state index contributed by atoms with van der Waals surface area (Å²) in [5, 5.41) is 2.94. The maximum Gasteiger partial charge on any atom is 0.242 e. The van der Waals surface area contributed by atoms with Gasteiger partial charge in [0.25, 0.3) is 0 Å². The second-order valence-corrected chi connectivity index (χ2v) is 8.58. The Labute approximate surface area is 199 Å². The van der Waals surface area contributed by atoms with Gasteiger partial charge in [-0.1, -0.05) is 47.5 Å². The van der Waals surface area contributed by atoms with E-state index in [1.165, 1.54) is 0 Å². The van der Waals surface area contributed by atoms with Crippen LogP contribution in [0.25, 0.3) is 0 Å². The topological polar surface area (TPSA) is 67.9 Å². The predicted molar refractivity (Wildman–Crippen MR) is 130 cm³/mol. The molecule has 0 bridgehead atoms. The van der Waals surface area contributed by atoms with Crippen LogP contribution >= 0.6 is 15.9 Å². The molecule has 7 heteroatoms. The molecule has 2 aromatic rings. The lowest BCUT2D eigenvalue weighted by Gasteiger charge is -2.29. The molecule has 0 heterocycles. The van der Waals surface area contributed by atoms with Gasteiger partial charge in [-0.05, 0) is 55.2 Å². The maximum atomic E-state index is 13.2. The van der Waals surface area contributed by atoms with Crippen LogP contribution in [0.2, 0.25) is 0 Å². The Morgan fingerprint density at radius 1 is 1.06 bits per heavy atom. The van der Waals surface area contributed by atoms with Crippen molar-refractivity contribution in [3.05, 3.63) is 58.1 Å². The van der Waals surface area contributed by atoms with E-state index in [2.05, 4.69) is 28.2 Å². The smallest absolute Gasteiger partial charge is 0.242 e. The summed E-state index contributed by atoms with van der Waals surface area (Å²) in [5.41, 5.74) is 1.94. The van der Waals surface area contributed by atoms with Gasteiger partial charge >= 0.3 is 0 Å². The molecular weight excluding hydrogens is 472 g/mol. The highest BCUT2D eigenvalue weighted by Gasteiger charge is 2.26. The Balaban J connectivity index is 2.14. The first kappa shape index (κ1) is 25.7. The number of carbonyl (C=O) groups excluding carboxylic acids is 2. The molecular formula is C25H33BrN2O4. The Bertz CT molecular complexity index is 903. The van der Waals surface area contributed by atoms with Crippen LogP contribution in [-0.2, 0) is 22.6 Å². The molecule has 0 fully saturated rings. The highest BCUT2D eigenvalue weighted by Crippen LogP contribution is 2.28. The second kappa shape index (κ2) is 13.1. The first-order valence-corrected chi connectivity index (χ1v) is 11.7. The molecule has 0 aliphatic carbocycles. The van der Waals surface area contributed by atoms with Gasteiger partial charge in [0, 0.05) is 24.0 Å². The number of carbonyl (C=O) groups is 2. The quantitative estimate of drug-likeness (QED) is 0.424. The monoisotopic (exact) mass is 504 g/mol. The minimum Gasteiger partial charge on any atom is -0.493 e. The normalized spacial score (nSPS) is 11.5. The summed E-state index contributed by atoms with van der Waals surface area (Å²) in [7, 11) is 3.18.